The van der Waals surface area contributed by atoms with Crippen LogP contribution in [0.25, 0.3) is 16.5 Å². The normalized spacial score (nSPS) is 10.9. The van der Waals surface area contributed by atoms with E-state index in [9.17, 15) is 14.4 Å². The van der Waals surface area contributed by atoms with Crippen LogP contribution < -0.4 is 10.9 Å². The van der Waals surface area contributed by atoms with Crippen molar-refractivity contribution in [2.45, 2.75) is 33.1 Å². The lowest BCUT2D eigenvalue weighted by molar-refractivity contribution is -0.116. The minimum absolute atomic E-state index is 0.0367. The number of thiophene rings is 1. The molecule has 9 heteroatoms. The summed E-state index contributed by atoms with van der Waals surface area (Å²) in [6, 6.07) is 6.98. The van der Waals surface area contributed by atoms with Crippen LogP contribution in [0, 0.1) is 0 Å². The zero-order valence-electron chi connectivity index (χ0n) is 16.0. The Labute approximate surface area is 179 Å². The Morgan fingerprint density at radius 1 is 1.24 bits per heavy atom. The number of nitrogens with zero attached hydrogens (tertiary/aromatic N) is 2. The number of anilines is 1. The molecule has 152 valence electrons. The lowest BCUT2D eigenvalue weighted by Crippen LogP contribution is -2.25. The molecule has 0 bridgehead atoms. The molecule has 0 fully saturated rings. The van der Waals surface area contributed by atoms with Crippen LogP contribution in [-0.4, -0.2) is 28.3 Å². The summed E-state index contributed by atoms with van der Waals surface area (Å²) in [5.74, 6) is -0.787. The molecule has 0 atom stereocenters. The molecule has 0 saturated heterocycles. The van der Waals surface area contributed by atoms with Crippen molar-refractivity contribution >= 4 is 54.9 Å². The molecule has 1 amide bonds. The summed E-state index contributed by atoms with van der Waals surface area (Å²) in [5.41, 5.74) is 0.122. The Bertz CT molecular complexity index is 1110. The number of carbonyl (C=O) groups is 2. The van der Waals surface area contributed by atoms with E-state index in [-0.39, 0.29) is 23.6 Å². The van der Waals surface area contributed by atoms with Crippen LogP contribution in [0.1, 0.15) is 43.6 Å². The molecule has 0 aliphatic heterocycles. The van der Waals surface area contributed by atoms with E-state index in [4.69, 9.17) is 4.74 Å². The van der Waals surface area contributed by atoms with Crippen LogP contribution in [0.4, 0.5) is 5.00 Å². The minimum atomic E-state index is -0.620. The third-order valence-corrected chi connectivity index (χ3v) is 5.63. The van der Waals surface area contributed by atoms with Gasteiger partial charge < -0.3 is 10.1 Å². The van der Waals surface area contributed by atoms with Crippen molar-refractivity contribution in [3.05, 3.63) is 50.2 Å². The molecule has 29 heavy (non-hydrogen) atoms. The topological polar surface area (TPSA) is 90.3 Å². The van der Waals surface area contributed by atoms with Gasteiger partial charge in [-0.25, -0.2) is 4.79 Å². The molecule has 0 saturated carbocycles. The van der Waals surface area contributed by atoms with Gasteiger partial charge in [0.05, 0.1) is 17.7 Å². The zero-order valence-corrected chi connectivity index (χ0v) is 18.4. The van der Waals surface area contributed by atoms with E-state index in [1.54, 1.807) is 36.6 Å². The fraction of sp³-hybridized carbons (Fsp3) is 0.300. The molecule has 3 rings (SSSR count). The van der Waals surface area contributed by atoms with Gasteiger partial charge in [0.1, 0.15) is 5.00 Å². The maximum Gasteiger partial charge on any atom is 0.359 e. The van der Waals surface area contributed by atoms with E-state index >= 15 is 0 Å². The van der Waals surface area contributed by atoms with Crippen molar-refractivity contribution in [1.82, 2.24) is 9.78 Å². The highest BCUT2D eigenvalue weighted by Crippen LogP contribution is 2.31. The number of hydrogen-bond acceptors (Lipinski definition) is 6. The van der Waals surface area contributed by atoms with Crippen LogP contribution in [0.2, 0.25) is 0 Å². The average molecular weight is 478 g/mol. The van der Waals surface area contributed by atoms with Crippen LogP contribution in [0.15, 0.2) is 38.9 Å². The average Bonchev–Trinajstić information content (AvgIpc) is 3.12. The van der Waals surface area contributed by atoms with Crippen molar-refractivity contribution in [1.29, 1.82) is 0 Å². The largest absolute Gasteiger partial charge is 0.461 e. The second-order valence-electron chi connectivity index (χ2n) is 6.27. The van der Waals surface area contributed by atoms with Gasteiger partial charge in [-0.05, 0) is 37.6 Å². The summed E-state index contributed by atoms with van der Waals surface area (Å²) in [7, 11) is 0. The van der Waals surface area contributed by atoms with Crippen LogP contribution in [-0.2, 0) is 9.53 Å². The number of nitrogens with one attached hydrogen (secondary N) is 1. The predicted molar refractivity (Wildman–Crippen MR) is 117 cm³/mol. The maximum atomic E-state index is 13.2. The van der Waals surface area contributed by atoms with E-state index < -0.39 is 11.5 Å². The number of rotatable bonds is 7. The summed E-state index contributed by atoms with van der Waals surface area (Å²) in [5, 5.41) is 9.76. The predicted octanol–water partition coefficient (Wildman–Crippen LogP) is 4.52. The lowest BCUT2D eigenvalue weighted by atomic mass is 10.2. The first-order valence-corrected chi connectivity index (χ1v) is 10.9. The number of ether oxygens (including phenoxy) is 1. The van der Waals surface area contributed by atoms with Gasteiger partial charge >= 0.3 is 5.97 Å². The highest BCUT2D eigenvalue weighted by atomic mass is 79.9. The fourth-order valence-corrected chi connectivity index (χ4v) is 3.99. The van der Waals surface area contributed by atoms with Crippen molar-refractivity contribution in [3.8, 4) is 5.69 Å². The molecule has 0 radical (unpaired) electrons. The fourth-order valence-electron chi connectivity index (χ4n) is 2.78. The molecule has 0 spiro atoms. The number of hydrogen-bond donors (Lipinski definition) is 1. The lowest BCUT2D eigenvalue weighted by Gasteiger charge is -2.10. The van der Waals surface area contributed by atoms with Gasteiger partial charge in [0.15, 0.2) is 5.69 Å². The first kappa shape index (κ1) is 21.2. The van der Waals surface area contributed by atoms with Gasteiger partial charge in [0.2, 0.25) is 5.91 Å². The van der Waals surface area contributed by atoms with Crippen LogP contribution in [0.5, 0.6) is 0 Å². The number of esters is 1. The number of aromatic nitrogens is 2. The Morgan fingerprint density at radius 3 is 2.62 bits per heavy atom. The Balaban J connectivity index is 2.18. The number of amides is 1. The summed E-state index contributed by atoms with van der Waals surface area (Å²) >= 11 is 4.55. The van der Waals surface area contributed by atoms with Crippen molar-refractivity contribution in [2.75, 3.05) is 11.9 Å². The second kappa shape index (κ2) is 9.32. The highest BCUT2D eigenvalue weighted by molar-refractivity contribution is 9.10. The molecular weight excluding hydrogens is 458 g/mol. The number of fused-ring (bicyclic) bond motifs is 1. The summed E-state index contributed by atoms with van der Waals surface area (Å²) < 4.78 is 7.13. The molecular formula is C20H20BrN3O4S. The summed E-state index contributed by atoms with van der Waals surface area (Å²) in [6.45, 7) is 3.89. The molecule has 0 unspecified atom stereocenters. The van der Waals surface area contributed by atoms with E-state index in [1.165, 1.54) is 11.3 Å². The van der Waals surface area contributed by atoms with Gasteiger partial charge in [-0.1, -0.05) is 29.3 Å². The molecule has 2 heterocycles. The van der Waals surface area contributed by atoms with Gasteiger partial charge in [-0.2, -0.15) is 9.78 Å². The standard InChI is InChI=1S/C20H20BrN3O4S/c1-3-5-6-15(25)22-18-16-14(11-29-18)17(20(27)28-4-2)23-24(19(16)26)13-9-7-12(21)8-10-13/h7-11H,3-6H2,1-2H3,(H,22,25). The minimum Gasteiger partial charge on any atom is -0.461 e. The smallest absolute Gasteiger partial charge is 0.359 e. The number of benzene rings is 1. The Kier molecular flexibility index (Phi) is 6.81. The van der Waals surface area contributed by atoms with Crippen molar-refractivity contribution in [3.63, 3.8) is 0 Å². The third-order valence-electron chi connectivity index (χ3n) is 4.20. The second-order valence-corrected chi connectivity index (χ2v) is 8.06. The molecule has 7 nitrogen and oxygen atoms in total. The summed E-state index contributed by atoms with van der Waals surface area (Å²) in [4.78, 5) is 37.9. The van der Waals surface area contributed by atoms with Crippen LogP contribution >= 0.6 is 27.3 Å². The zero-order chi connectivity index (χ0) is 21.0. The van der Waals surface area contributed by atoms with Crippen molar-refractivity contribution < 1.29 is 14.3 Å². The highest BCUT2D eigenvalue weighted by Gasteiger charge is 2.23. The van der Waals surface area contributed by atoms with Gasteiger partial charge in [0.25, 0.3) is 5.56 Å². The van der Waals surface area contributed by atoms with Gasteiger partial charge in [0, 0.05) is 21.7 Å². The number of unbranched alkanes of at least 4 members (excludes halogenated alkanes) is 1. The SMILES string of the molecule is CCCCC(=O)Nc1scc2c(C(=O)OCC)nn(-c3ccc(Br)cc3)c(=O)c12. The van der Waals surface area contributed by atoms with Crippen molar-refractivity contribution in [2.24, 2.45) is 0 Å². The molecule has 0 aliphatic carbocycles. The molecule has 2 aromatic heterocycles. The Hall–Kier alpha value is -2.52. The quantitative estimate of drug-likeness (QED) is 0.505. The van der Waals surface area contributed by atoms with E-state index in [0.717, 1.165) is 22.0 Å². The first-order chi connectivity index (χ1) is 14.0. The first-order valence-electron chi connectivity index (χ1n) is 9.23. The van der Waals surface area contributed by atoms with E-state index in [2.05, 4.69) is 26.3 Å². The van der Waals surface area contributed by atoms with Gasteiger partial charge in [-0.3, -0.25) is 9.59 Å². The molecule has 1 N–H and O–H groups in total. The maximum absolute atomic E-state index is 13.2. The van der Waals surface area contributed by atoms with Crippen LogP contribution in [0.3, 0.4) is 0 Å². The molecule has 0 aliphatic rings. The van der Waals surface area contributed by atoms with E-state index in [0.29, 0.717) is 22.5 Å². The number of carbonyl (C=O) groups excluding carboxylic acids is 2. The van der Waals surface area contributed by atoms with E-state index in [1.807, 2.05) is 6.92 Å². The summed E-state index contributed by atoms with van der Waals surface area (Å²) in [6.07, 6.45) is 2.02. The third kappa shape index (κ3) is 4.56. The Morgan fingerprint density at radius 2 is 1.97 bits per heavy atom. The molecule has 3 aromatic rings. The number of halogens is 1. The molecule has 1 aromatic carbocycles. The monoisotopic (exact) mass is 477 g/mol. The van der Waals surface area contributed by atoms with Gasteiger partial charge in [-0.15, -0.1) is 11.3 Å².